The fourth-order valence-electron chi connectivity index (χ4n) is 3.06. The highest BCUT2D eigenvalue weighted by Gasteiger charge is 2.43. The molecule has 2 rings (SSSR count). The normalized spacial score (nSPS) is 27.7. The van der Waals surface area contributed by atoms with Crippen LogP contribution in [0.3, 0.4) is 0 Å². The number of likely N-dealkylation sites (tertiary alicyclic amines) is 2. The van der Waals surface area contributed by atoms with Gasteiger partial charge in [0.1, 0.15) is 0 Å². The zero-order valence-corrected chi connectivity index (χ0v) is 12.0. The van der Waals surface area contributed by atoms with Gasteiger partial charge in [0.2, 0.25) is 11.8 Å². The molecule has 3 N–H and O–H groups in total. The minimum atomic E-state index is -0.274. The molecule has 6 nitrogen and oxygen atoms in total. The van der Waals surface area contributed by atoms with Crippen molar-refractivity contribution in [2.45, 2.75) is 44.8 Å². The second kappa shape index (κ2) is 5.09. The third-order valence-corrected chi connectivity index (χ3v) is 3.69. The highest BCUT2D eigenvalue weighted by molar-refractivity contribution is 5.79. The van der Waals surface area contributed by atoms with E-state index in [2.05, 4.69) is 15.1 Å². The molecule has 2 aliphatic rings. The Balaban J connectivity index is 1.81. The van der Waals surface area contributed by atoms with Gasteiger partial charge >= 0.3 is 0 Å². The van der Waals surface area contributed by atoms with Crippen LogP contribution in [0.25, 0.3) is 0 Å². The number of hydrogen-bond acceptors (Lipinski definition) is 4. The van der Waals surface area contributed by atoms with E-state index in [1.54, 1.807) is 0 Å². The largest absolute Gasteiger partial charge is 0.369 e. The van der Waals surface area contributed by atoms with Crippen LogP contribution in [0, 0.1) is 0 Å². The van der Waals surface area contributed by atoms with Crippen molar-refractivity contribution in [2.75, 3.05) is 26.2 Å². The lowest BCUT2D eigenvalue weighted by Crippen LogP contribution is -2.52. The Morgan fingerprint density at radius 1 is 1.16 bits per heavy atom. The Morgan fingerprint density at radius 3 is 2.11 bits per heavy atom. The number of hydrogen-bond donors (Lipinski definition) is 2. The number of carbonyl (C=O) groups is 2. The highest BCUT2D eigenvalue weighted by atomic mass is 16.2. The molecule has 2 amide bonds. The molecule has 2 fully saturated rings. The lowest BCUT2D eigenvalue weighted by molar-refractivity contribution is -0.125. The van der Waals surface area contributed by atoms with E-state index in [0.717, 1.165) is 19.5 Å². The molecule has 0 radical (unpaired) electrons. The average molecular weight is 268 g/mol. The van der Waals surface area contributed by atoms with Gasteiger partial charge in [-0.2, -0.15) is 0 Å². The van der Waals surface area contributed by atoms with Gasteiger partial charge in [0.05, 0.1) is 13.1 Å². The first-order valence-corrected chi connectivity index (χ1v) is 6.82. The zero-order chi connectivity index (χ0) is 14.2. The van der Waals surface area contributed by atoms with Gasteiger partial charge in [0, 0.05) is 30.7 Å². The Labute approximate surface area is 114 Å². The molecule has 2 heterocycles. The lowest BCUT2D eigenvalue weighted by Gasteiger charge is -2.33. The molecule has 19 heavy (non-hydrogen) atoms. The molecular formula is C13H24N4O2. The first-order chi connectivity index (χ1) is 8.74. The molecule has 0 saturated carbocycles. The molecule has 108 valence electrons. The SMILES string of the molecule is CC(C)(C)NC(=O)CN1C[C@@H]2C[C@H]1CN2CC(N)=O. The maximum Gasteiger partial charge on any atom is 0.234 e. The van der Waals surface area contributed by atoms with Gasteiger partial charge in [0.25, 0.3) is 0 Å². The summed E-state index contributed by atoms with van der Waals surface area (Å²) in [7, 11) is 0. The second-order valence-corrected chi connectivity index (χ2v) is 6.67. The van der Waals surface area contributed by atoms with Gasteiger partial charge in [-0.3, -0.25) is 19.4 Å². The molecule has 0 unspecified atom stereocenters. The molecular weight excluding hydrogens is 244 g/mol. The second-order valence-electron chi connectivity index (χ2n) is 6.67. The Kier molecular flexibility index (Phi) is 3.82. The van der Waals surface area contributed by atoms with Crippen LogP contribution < -0.4 is 11.1 Å². The summed E-state index contributed by atoms with van der Waals surface area (Å²) in [5.74, 6) is -0.203. The number of carbonyl (C=O) groups excluding carboxylic acids is 2. The van der Waals surface area contributed by atoms with E-state index in [1.165, 1.54) is 0 Å². The quantitative estimate of drug-likeness (QED) is 0.696. The zero-order valence-electron chi connectivity index (χ0n) is 12.0. The van der Waals surface area contributed by atoms with Gasteiger partial charge in [-0.25, -0.2) is 0 Å². The van der Waals surface area contributed by atoms with Crippen molar-refractivity contribution in [3.8, 4) is 0 Å². The maximum absolute atomic E-state index is 11.9. The fourth-order valence-corrected chi connectivity index (χ4v) is 3.06. The number of fused-ring (bicyclic) bond motifs is 2. The van der Waals surface area contributed by atoms with Gasteiger partial charge in [0.15, 0.2) is 0 Å². The predicted molar refractivity (Wildman–Crippen MR) is 72.4 cm³/mol. The first kappa shape index (κ1) is 14.3. The predicted octanol–water partition coefficient (Wildman–Crippen LogP) is -0.855. The summed E-state index contributed by atoms with van der Waals surface area (Å²) in [4.78, 5) is 27.2. The molecule has 0 spiro atoms. The molecule has 6 heteroatoms. The van der Waals surface area contributed by atoms with E-state index in [4.69, 9.17) is 5.73 Å². The van der Waals surface area contributed by atoms with E-state index < -0.39 is 0 Å². The van der Waals surface area contributed by atoms with Crippen molar-refractivity contribution in [2.24, 2.45) is 5.73 Å². The number of nitrogens with two attached hydrogens (primary N) is 1. The fraction of sp³-hybridized carbons (Fsp3) is 0.846. The van der Waals surface area contributed by atoms with Crippen LogP contribution in [-0.2, 0) is 9.59 Å². The van der Waals surface area contributed by atoms with E-state index in [-0.39, 0.29) is 17.4 Å². The van der Waals surface area contributed by atoms with Gasteiger partial charge in [-0.05, 0) is 27.2 Å². The average Bonchev–Trinajstić information content (AvgIpc) is 2.72. The minimum Gasteiger partial charge on any atom is -0.369 e. The van der Waals surface area contributed by atoms with Crippen LogP contribution in [0.4, 0.5) is 0 Å². The topological polar surface area (TPSA) is 78.7 Å². The Bertz CT molecular complexity index is 377. The van der Waals surface area contributed by atoms with Crippen LogP contribution in [0.15, 0.2) is 0 Å². The van der Waals surface area contributed by atoms with Gasteiger partial charge < -0.3 is 11.1 Å². The number of rotatable bonds is 4. The monoisotopic (exact) mass is 268 g/mol. The molecule has 0 aromatic carbocycles. The summed E-state index contributed by atoms with van der Waals surface area (Å²) in [5, 5.41) is 2.98. The number of piperazine rings is 1. The summed E-state index contributed by atoms with van der Waals surface area (Å²) in [6, 6.07) is 0.759. The molecule has 2 aliphatic heterocycles. The van der Waals surface area contributed by atoms with Crippen LogP contribution in [-0.4, -0.2) is 65.4 Å². The molecule has 2 saturated heterocycles. The lowest BCUT2D eigenvalue weighted by atomic mass is 10.1. The van der Waals surface area contributed by atoms with Crippen LogP contribution in [0.2, 0.25) is 0 Å². The summed E-state index contributed by atoms with van der Waals surface area (Å²) in [5.41, 5.74) is 5.04. The van der Waals surface area contributed by atoms with Gasteiger partial charge in [-0.1, -0.05) is 0 Å². The summed E-state index contributed by atoms with van der Waals surface area (Å²) < 4.78 is 0. The highest BCUT2D eigenvalue weighted by Crippen LogP contribution is 2.29. The van der Waals surface area contributed by atoms with Crippen LogP contribution in [0.5, 0.6) is 0 Å². The maximum atomic E-state index is 11.9. The standard InChI is InChI=1S/C13H24N4O2/c1-13(2,3)15-12(19)8-17-6-9-4-10(17)5-16(9)7-11(14)18/h9-10H,4-8H2,1-3H3,(H2,14,18)(H,15,19)/t9-,10-/m0/s1. The number of amides is 2. The number of nitrogens with one attached hydrogen (secondary N) is 1. The molecule has 0 aliphatic carbocycles. The van der Waals surface area contributed by atoms with Crippen molar-refractivity contribution >= 4 is 11.8 Å². The van der Waals surface area contributed by atoms with E-state index in [9.17, 15) is 9.59 Å². The molecule has 0 aromatic rings. The summed E-state index contributed by atoms with van der Waals surface area (Å²) >= 11 is 0. The molecule has 2 bridgehead atoms. The van der Waals surface area contributed by atoms with Crippen molar-refractivity contribution in [1.82, 2.24) is 15.1 Å². The molecule has 2 atom stereocenters. The van der Waals surface area contributed by atoms with E-state index in [0.29, 0.717) is 25.2 Å². The smallest absolute Gasteiger partial charge is 0.234 e. The minimum absolute atomic E-state index is 0.0708. The van der Waals surface area contributed by atoms with Crippen molar-refractivity contribution in [3.63, 3.8) is 0 Å². The first-order valence-electron chi connectivity index (χ1n) is 6.82. The molecule has 0 aromatic heterocycles. The third kappa shape index (κ3) is 3.67. The number of nitrogens with zero attached hydrogens (tertiary/aromatic N) is 2. The Hall–Kier alpha value is -1.14. The Morgan fingerprint density at radius 2 is 1.68 bits per heavy atom. The van der Waals surface area contributed by atoms with E-state index >= 15 is 0 Å². The van der Waals surface area contributed by atoms with Crippen molar-refractivity contribution in [3.05, 3.63) is 0 Å². The third-order valence-electron chi connectivity index (χ3n) is 3.69. The van der Waals surface area contributed by atoms with Gasteiger partial charge in [-0.15, -0.1) is 0 Å². The number of primary amides is 1. The van der Waals surface area contributed by atoms with Crippen molar-refractivity contribution in [1.29, 1.82) is 0 Å². The van der Waals surface area contributed by atoms with Crippen LogP contribution >= 0.6 is 0 Å². The van der Waals surface area contributed by atoms with E-state index in [1.807, 2.05) is 20.8 Å². The summed E-state index contributed by atoms with van der Waals surface area (Å²) in [6.45, 7) is 8.43. The summed E-state index contributed by atoms with van der Waals surface area (Å²) in [6.07, 6.45) is 1.04. The van der Waals surface area contributed by atoms with Crippen molar-refractivity contribution < 1.29 is 9.59 Å². The van der Waals surface area contributed by atoms with Crippen LogP contribution in [0.1, 0.15) is 27.2 Å².